The molecule has 0 unspecified atom stereocenters. The molecule has 0 fully saturated rings. The molecule has 0 saturated carbocycles. The van der Waals surface area contributed by atoms with Crippen LogP contribution in [0.4, 0.5) is 10.2 Å². The zero-order valence-electron chi connectivity index (χ0n) is 8.24. The van der Waals surface area contributed by atoms with E-state index >= 15 is 0 Å². The normalized spacial score (nSPS) is 10.3. The van der Waals surface area contributed by atoms with Gasteiger partial charge in [0.2, 0.25) is 0 Å². The van der Waals surface area contributed by atoms with E-state index in [-0.39, 0.29) is 5.82 Å². The van der Waals surface area contributed by atoms with Gasteiger partial charge in [-0.1, -0.05) is 12.1 Å². The lowest BCUT2D eigenvalue weighted by Gasteiger charge is -2.03. The van der Waals surface area contributed by atoms with Crippen molar-refractivity contribution in [1.82, 2.24) is 9.97 Å². The maximum Gasteiger partial charge on any atom is 0.144 e. The number of anilines is 1. The van der Waals surface area contributed by atoms with Crippen molar-refractivity contribution >= 4 is 5.82 Å². The van der Waals surface area contributed by atoms with E-state index in [1.54, 1.807) is 19.1 Å². The highest BCUT2D eigenvalue weighted by Crippen LogP contribution is 2.18. The molecule has 0 aliphatic rings. The Morgan fingerprint density at radius 3 is 2.80 bits per heavy atom. The lowest BCUT2D eigenvalue weighted by atomic mass is 10.1. The van der Waals surface area contributed by atoms with Crippen molar-refractivity contribution in [2.45, 2.75) is 6.92 Å². The standard InChI is InChI=1S/C11H10FN3/c1-7-11(13)14-6-10(15-7)8-3-2-4-9(12)5-8/h2-6H,1H3,(H2,13,14). The smallest absolute Gasteiger partial charge is 0.144 e. The topological polar surface area (TPSA) is 51.8 Å². The first-order chi connectivity index (χ1) is 7.16. The minimum atomic E-state index is -0.288. The molecule has 76 valence electrons. The quantitative estimate of drug-likeness (QED) is 0.772. The summed E-state index contributed by atoms with van der Waals surface area (Å²) in [6.07, 6.45) is 1.54. The third-order valence-electron chi connectivity index (χ3n) is 2.11. The number of benzene rings is 1. The van der Waals surface area contributed by atoms with Gasteiger partial charge < -0.3 is 5.73 Å². The second-order valence-electron chi connectivity index (χ2n) is 3.24. The number of aromatic nitrogens is 2. The summed E-state index contributed by atoms with van der Waals surface area (Å²) < 4.78 is 13.0. The van der Waals surface area contributed by atoms with E-state index in [4.69, 9.17) is 5.73 Å². The van der Waals surface area contributed by atoms with Gasteiger partial charge >= 0.3 is 0 Å². The second kappa shape index (κ2) is 3.65. The van der Waals surface area contributed by atoms with Gasteiger partial charge in [-0.05, 0) is 19.1 Å². The summed E-state index contributed by atoms with van der Waals surface area (Å²) in [5.74, 6) is 0.110. The lowest BCUT2D eigenvalue weighted by Crippen LogP contribution is -1.98. The Kier molecular flexibility index (Phi) is 2.33. The summed E-state index contributed by atoms with van der Waals surface area (Å²) >= 11 is 0. The number of nitrogens with zero attached hydrogens (tertiary/aromatic N) is 2. The van der Waals surface area contributed by atoms with Crippen LogP contribution in [0, 0.1) is 12.7 Å². The van der Waals surface area contributed by atoms with Crippen LogP contribution >= 0.6 is 0 Å². The van der Waals surface area contributed by atoms with Gasteiger partial charge in [-0.15, -0.1) is 0 Å². The summed E-state index contributed by atoms with van der Waals surface area (Å²) in [6, 6.07) is 6.22. The fourth-order valence-electron chi connectivity index (χ4n) is 1.28. The maximum absolute atomic E-state index is 13.0. The van der Waals surface area contributed by atoms with Gasteiger partial charge in [-0.3, -0.25) is 0 Å². The van der Waals surface area contributed by atoms with E-state index in [1.807, 2.05) is 0 Å². The highest BCUT2D eigenvalue weighted by atomic mass is 19.1. The predicted molar refractivity (Wildman–Crippen MR) is 56.6 cm³/mol. The van der Waals surface area contributed by atoms with Crippen LogP contribution in [0.15, 0.2) is 30.5 Å². The van der Waals surface area contributed by atoms with Crippen LogP contribution in [-0.4, -0.2) is 9.97 Å². The molecule has 1 heterocycles. The molecule has 1 aromatic heterocycles. The third kappa shape index (κ3) is 1.93. The summed E-state index contributed by atoms with van der Waals surface area (Å²) in [4.78, 5) is 8.21. The van der Waals surface area contributed by atoms with Crippen molar-refractivity contribution in [1.29, 1.82) is 0 Å². The van der Waals surface area contributed by atoms with Crippen LogP contribution in [0.1, 0.15) is 5.69 Å². The number of halogens is 1. The molecule has 2 N–H and O–H groups in total. The van der Waals surface area contributed by atoms with Gasteiger partial charge in [0, 0.05) is 5.56 Å². The van der Waals surface area contributed by atoms with Gasteiger partial charge in [0.1, 0.15) is 11.6 Å². The van der Waals surface area contributed by atoms with E-state index in [0.717, 1.165) is 0 Å². The van der Waals surface area contributed by atoms with Crippen molar-refractivity contribution in [3.8, 4) is 11.3 Å². The molecule has 0 atom stereocenters. The van der Waals surface area contributed by atoms with Gasteiger partial charge in [-0.25, -0.2) is 14.4 Å². The minimum Gasteiger partial charge on any atom is -0.382 e. The molecule has 0 saturated heterocycles. The minimum absolute atomic E-state index is 0.288. The van der Waals surface area contributed by atoms with Crippen LogP contribution in [0.3, 0.4) is 0 Å². The van der Waals surface area contributed by atoms with Crippen molar-refractivity contribution in [3.63, 3.8) is 0 Å². The van der Waals surface area contributed by atoms with Gasteiger partial charge in [0.05, 0.1) is 17.6 Å². The predicted octanol–water partition coefficient (Wildman–Crippen LogP) is 2.17. The van der Waals surface area contributed by atoms with Crippen LogP contribution < -0.4 is 5.73 Å². The Hall–Kier alpha value is -1.97. The first kappa shape index (κ1) is 9.58. The molecular formula is C11H10FN3. The van der Waals surface area contributed by atoms with Crippen molar-refractivity contribution < 1.29 is 4.39 Å². The zero-order chi connectivity index (χ0) is 10.8. The fraction of sp³-hybridized carbons (Fsp3) is 0.0909. The van der Waals surface area contributed by atoms with Crippen LogP contribution in [0.25, 0.3) is 11.3 Å². The number of nitrogens with two attached hydrogens (primary N) is 1. The monoisotopic (exact) mass is 203 g/mol. The fourth-order valence-corrected chi connectivity index (χ4v) is 1.28. The molecule has 0 amide bonds. The first-order valence-electron chi connectivity index (χ1n) is 4.52. The van der Waals surface area contributed by atoms with E-state index in [9.17, 15) is 4.39 Å². The van der Waals surface area contributed by atoms with E-state index in [1.165, 1.54) is 18.3 Å². The summed E-state index contributed by atoms with van der Waals surface area (Å²) in [5, 5.41) is 0. The van der Waals surface area contributed by atoms with Crippen LogP contribution in [0.2, 0.25) is 0 Å². The average molecular weight is 203 g/mol. The summed E-state index contributed by atoms with van der Waals surface area (Å²) in [7, 11) is 0. The Morgan fingerprint density at radius 2 is 2.13 bits per heavy atom. The number of nitrogen functional groups attached to an aromatic ring is 1. The molecule has 0 radical (unpaired) electrons. The highest BCUT2D eigenvalue weighted by Gasteiger charge is 2.03. The molecule has 15 heavy (non-hydrogen) atoms. The van der Waals surface area contributed by atoms with Crippen molar-refractivity contribution in [3.05, 3.63) is 42.0 Å². The molecule has 0 spiro atoms. The largest absolute Gasteiger partial charge is 0.382 e. The number of aryl methyl sites for hydroxylation is 1. The third-order valence-corrected chi connectivity index (χ3v) is 2.11. The van der Waals surface area contributed by atoms with E-state index in [0.29, 0.717) is 22.8 Å². The SMILES string of the molecule is Cc1nc(-c2cccc(F)c2)cnc1N. The second-order valence-corrected chi connectivity index (χ2v) is 3.24. The average Bonchev–Trinajstić information content (AvgIpc) is 2.22. The molecular weight excluding hydrogens is 193 g/mol. The summed E-state index contributed by atoms with van der Waals surface area (Å²) in [5.41, 5.74) is 7.52. The van der Waals surface area contributed by atoms with E-state index in [2.05, 4.69) is 9.97 Å². The Labute approximate surface area is 86.8 Å². The Bertz CT molecular complexity index is 497. The van der Waals surface area contributed by atoms with Crippen LogP contribution in [-0.2, 0) is 0 Å². The molecule has 0 bridgehead atoms. The lowest BCUT2D eigenvalue weighted by molar-refractivity contribution is 0.628. The van der Waals surface area contributed by atoms with Crippen molar-refractivity contribution in [2.24, 2.45) is 0 Å². The van der Waals surface area contributed by atoms with Gasteiger partial charge in [0.15, 0.2) is 0 Å². The number of hydrogen-bond donors (Lipinski definition) is 1. The molecule has 0 aliphatic carbocycles. The van der Waals surface area contributed by atoms with Crippen LogP contribution in [0.5, 0.6) is 0 Å². The van der Waals surface area contributed by atoms with Crippen molar-refractivity contribution in [2.75, 3.05) is 5.73 Å². The molecule has 4 heteroatoms. The highest BCUT2D eigenvalue weighted by molar-refractivity contribution is 5.59. The molecule has 2 aromatic rings. The molecule has 3 nitrogen and oxygen atoms in total. The molecule has 2 rings (SSSR count). The number of rotatable bonds is 1. The van der Waals surface area contributed by atoms with Gasteiger partial charge in [-0.2, -0.15) is 0 Å². The zero-order valence-corrected chi connectivity index (χ0v) is 8.24. The Morgan fingerprint density at radius 1 is 1.33 bits per heavy atom. The Balaban J connectivity index is 2.50. The molecule has 0 aliphatic heterocycles. The van der Waals surface area contributed by atoms with E-state index < -0.39 is 0 Å². The first-order valence-corrected chi connectivity index (χ1v) is 4.52. The maximum atomic E-state index is 13.0. The molecule has 1 aromatic carbocycles. The summed E-state index contributed by atoms with van der Waals surface area (Å²) in [6.45, 7) is 1.77. The van der Waals surface area contributed by atoms with Gasteiger partial charge in [0.25, 0.3) is 0 Å². The number of hydrogen-bond acceptors (Lipinski definition) is 3.